The van der Waals surface area contributed by atoms with E-state index in [2.05, 4.69) is 0 Å². The largest absolute Gasteiger partial charge is 0.396 e. The summed E-state index contributed by atoms with van der Waals surface area (Å²) in [5, 5.41) is 8.59. The molecule has 2 nitrogen and oxygen atoms in total. The normalized spacial score (nSPS) is 12.8. The quantitative estimate of drug-likeness (QED) is 0.744. The number of rotatable bonds is 4. The van der Waals surface area contributed by atoms with Crippen molar-refractivity contribution in [3.63, 3.8) is 0 Å². The number of halogens is 1. The molecule has 0 aromatic heterocycles. The Balaban J connectivity index is 2.55. The van der Waals surface area contributed by atoms with E-state index < -0.39 is 0 Å². The first-order valence-electron chi connectivity index (χ1n) is 4.36. The third-order valence-electron chi connectivity index (χ3n) is 1.97. The van der Waals surface area contributed by atoms with Gasteiger partial charge in [0.2, 0.25) is 0 Å². The fraction of sp³-hybridized carbons (Fsp3) is 0.400. The number of aliphatic hydroxyl groups is 1. The van der Waals surface area contributed by atoms with Crippen molar-refractivity contribution in [2.75, 3.05) is 6.61 Å². The van der Waals surface area contributed by atoms with Crippen LogP contribution < -0.4 is 5.73 Å². The number of aliphatic hydroxyl groups excluding tert-OH is 1. The van der Waals surface area contributed by atoms with Gasteiger partial charge in [-0.1, -0.05) is 12.1 Å². The molecule has 72 valence electrons. The molecule has 0 amide bonds. The Kier molecular flexibility index (Phi) is 3.86. The van der Waals surface area contributed by atoms with Crippen molar-refractivity contribution in [2.24, 2.45) is 5.73 Å². The Hall–Kier alpha value is -0.930. The Morgan fingerprint density at radius 1 is 1.31 bits per heavy atom. The molecule has 0 bridgehead atoms. The fourth-order valence-electron chi connectivity index (χ4n) is 1.19. The predicted molar refractivity (Wildman–Crippen MR) is 49.6 cm³/mol. The molecule has 1 aromatic carbocycles. The fourth-order valence-corrected chi connectivity index (χ4v) is 1.19. The molecule has 0 radical (unpaired) electrons. The molecule has 3 N–H and O–H groups in total. The molecule has 1 rings (SSSR count). The molecule has 0 unspecified atom stereocenters. The number of hydrogen-bond donors (Lipinski definition) is 2. The van der Waals surface area contributed by atoms with E-state index in [-0.39, 0.29) is 18.5 Å². The molecule has 1 atom stereocenters. The van der Waals surface area contributed by atoms with Crippen LogP contribution in [0.4, 0.5) is 4.39 Å². The van der Waals surface area contributed by atoms with E-state index in [0.717, 1.165) is 12.0 Å². The molecular formula is C10H14FNO. The topological polar surface area (TPSA) is 46.2 Å². The summed E-state index contributed by atoms with van der Waals surface area (Å²) in [6.45, 7) is 0.148. The van der Waals surface area contributed by atoms with Crippen molar-refractivity contribution in [1.29, 1.82) is 0 Å². The Morgan fingerprint density at radius 3 is 2.46 bits per heavy atom. The van der Waals surface area contributed by atoms with Gasteiger partial charge in [0.05, 0.1) is 0 Å². The van der Waals surface area contributed by atoms with E-state index in [1.165, 1.54) is 12.1 Å². The van der Waals surface area contributed by atoms with Gasteiger partial charge >= 0.3 is 0 Å². The summed E-state index contributed by atoms with van der Waals surface area (Å²) in [6.07, 6.45) is 1.40. The second-order valence-corrected chi connectivity index (χ2v) is 3.02. The average molecular weight is 183 g/mol. The monoisotopic (exact) mass is 183 g/mol. The van der Waals surface area contributed by atoms with Crippen LogP contribution in [0.5, 0.6) is 0 Å². The Labute approximate surface area is 77.2 Å². The van der Waals surface area contributed by atoms with Crippen LogP contribution in [0.25, 0.3) is 0 Å². The molecule has 0 saturated carbocycles. The highest BCUT2D eigenvalue weighted by molar-refractivity contribution is 5.19. The zero-order valence-corrected chi connectivity index (χ0v) is 7.41. The van der Waals surface area contributed by atoms with E-state index in [1.54, 1.807) is 12.1 Å². The van der Waals surface area contributed by atoms with E-state index in [4.69, 9.17) is 10.8 Å². The van der Waals surface area contributed by atoms with Crippen molar-refractivity contribution in [3.8, 4) is 0 Å². The van der Waals surface area contributed by atoms with Crippen molar-refractivity contribution in [1.82, 2.24) is 0 Å². The van der Waals surface area contributed by atoms with Gasteiger partial charge in [-0.15, -0.1) is 0 Å². The van der Waals surface area contributed by atoms with E-state index in [1.807, 2.05) is 0 Å². The molecule has 0 heterocycles. The molecule has 0 spiro atoms. The van der Waals surface area contributed by atoms with Crippen LogP contribution in [0, 0.1) is 5.82 Å². The van der Waals surface area contributed by atoms with E-state index in [0.29, 0.717) is 6.42 Å². The lowest BCUT2D eigenvalue weighted by Crippen LogP contribution is -2.10. The van der Waals surface area contributed by atoms with Gasteiger partial charge in [0.25, 0.3) is 0 Å². The molecule has 0 aliphatic carbocycles. The molecule has 3 heteroatoms. The first-order valence-corrected chi connectivity index (χ1v) is 4.36. The summed E-state index contributed by atoms with van der Waals surface area (Å²) >= 11 is 0. The van der Waals surface area contributed by atoms with Crippen molar-refractivity contribution in [2.45, 2.75) is 18.9 Å². The maximum absolute atomic E-state index is 12.5. The lowest BCUT2D eigenvalue weighted by Gasteiger charge is -2.10. The molecule has 1 aromatic rings. The second kappa shape index (κ2) is 4.94. The van der Waals surface area contributed by atoms with Gasteiger partial charge < -0.3 is 10.8 Å². The van der Waals surface area contributed by atoms with Crippen LogP contribution in [0.1, 0.15) is 24.4 Å². The van der Waals surface area contributed by atoms with Gasteiger partial charge in [0, 0.05) is 12.6 Å². The van der Waals surface area contributed by atoms with Gasteiger partial charge in [-0.3, -0.25) is 0 Å². The summed E-state index contributed by atoms with van der Waals surface area (Å²) in [7, 11) is 0. The molecule has 13 heavy (non-hydrogen) atoms. The highest BCUT2D eigenvalue weighted by Gasteiger charge is 2.04. The van der Waals surface area contributed by atoms with E-state index in [9.17, 15) is 4.39 Å². The van der Waals surface area contributed by atoms with Crippen molar-refractivity contribution < 1.29 is 9.50 Å². The first kappa shape index (κ1) is 10.2. The molecule has 0 aliphatic rings. The number of nitrogens with two attached hydrogens (primary N) is 1. The van der Waals surface area contributed by atoms with Crippen LogP contribution in [-0.2, 0) is 0 Å². The highest BCUT2D eigenvalue weighted by atomic mass is 19.1. The molecule has 0 saturated heterocycles. The number of hydrogen-bond acceptors (Lipinski definition) is 2. The van der Waals surface area contributed by atoms with Crippen LogP contribution in [0.15, 0.2) is 24.3 Å². The highest BCUT2D eigenvalue weighted by Crippen LogP contribution is 2.15. The Morgan fingerprint density at radius 2 is 1.92 bits per heavy atom. The minimum Gasteiger partial charge on any atom is -0.396 e. The Bertz CT molecular complexity index is 248. The minimum atomic E-state index is -0.252. The zero-order valence-electron chi connectivity index (χ0n) is 7.41. The third-order valence-corrected chi connectivity index (χ3v) is 1.97. The van der Waals surface area contributed by atoms with Gasteiger partial charge in [-0.25, -0.2) is 4.39 Å². The molecular weight excluding hydrogens is 169 g/mol. The second-order valence-electron chi connectivity index (χ2n) is 3.02. The van der Waals surface area contributed by atoms with Crippen LogP contribution in [0.2, 0.25) is 0 Å². The lowest BCUT2D eigenvalue weighted by atomic mass is 10.0. The van der Waals surface area contributed by atoms with Crippen molar-refractivity contribution in [3.05, 3.63) is 35.6 Å². The van der Waals surface area contributed by atoms with Crippen LogP contribution in [0.3, 0.4) is 0 Å². The summed E-state index contributed by atoms with van der Waals surface area (Å²) in [4.78, 5) is 0. The minimum absolute atomic E-state index is 0.104. The third kappa shape index (κ3) is 3.13. The SMILES string of the molecule is N[C@@H](CCCO)c1ccc(F)cc1. The lowest BCUT2D eigenvalue weighted by molar-refractivity contribution is 0.280. The van der Waals surface area contributed by atoms with Crippen molar-refractivity contribution >= 4 is 0 Å². The summed E-state index contributed by atoms with van der Waals surface area (Å²) in [5.41, 5.74) is 6.71. The van der Waals surface area contributed by atoms with Crippen LogP contribution >= 0.6 is 0 Å². The number of benzene rings is 1. The van der Waals surface area contributed by atoms with Gasteiger partial charge in [0.15, 0.2) is 0 Å². The average Bonchev–Trinajstić information content (AvgIpc) is 2.15. The molecule has 0 fully saturated rings. The maximum atomic E-state index is 12.5. The first-order chi connectivity index (χ1) is 6.24. The summed E-state index contributed by atoms with van der Waals surface area (Å²) < 4.78 is 12.5. The standard InChI is InChI=1S/C10H14FNO/c11-9-5-3-8(4-6-9)10(12)2-1-7-13/h3-6,10,13H,1-2,7,12H2/t10-/m0/s1. The summed E-state index contributed by atoms with van der Waals surface area (Å²) in [5.74, 6) is -0.252. The van der Waals surface area contributed by atoms with Crippen LogP contribution in [-0.4, -0.2) is 11.7 Å². The van der Waals surface area contributed by atoms with Gasteiger partial charge in [-0.05, 0) is 30.5 Å². The van der Waals surface area contributed by atoms with Gasteiger partial charge in [0.1, 0.15) is 5.82 Å². The summed E-state index contributed by atoms with van der Waals surface area (Å²) in [6, 6.07) is 6.05. The van der Waals surface area contributed by atoms with E-state index >= 15 is 0 Å². The zero-order chi connectivity index (χ0) is 9.68. The molecule has 0 aliphatic heterocycles. The predicted octanol–water partition coefficient (Wildman–Crippen LogP) is 1.60. The maximum Gasteiger partial charge on any atom is 0.123 e. The smallest absolute Gasteiger partial charge is 0.123 e. The van der Waals surface area contributed by atoms with Gasteiger partial charge in [-0.2, -0.15) is 0 Å².